The van der Waals surface area contributed by atoms with Gasteiger partial charge in [-0.3, -0.25) is 0 Å². The Labute approximate surface area is 107 Å². The van der Waals surface area contributed by atoms with E-state index in [9.17, 15) is 8.42 Å². The van der Waals surface area contributed by atoms with Gasteiger partial charge in [0.15, 0.2) is 0 Å². The molecule has 1 atom stereocenters. The van der Waals surface area contributed by atoms with E-state index in [2.05, 4.69) is 15.0 Å². The van der Waals surface area contributed by atoms with Crippen LogP contribution in [0.3, 0.4) is 0 Å². The quantitative estimate of drug-likeness (QED) is 0.844. The first kappa shape index (κ1) is 13.5. The van der Waals surface area contributed by atoms with Crippen molar-refractivity contribution in [1.82, 2.24) is 15.0 Å². The number of aryl methyl sites for hydroxylation is 1. The third-order valence-corrected chi connectivity index (χ3v) is 5.11. The first-order chi connectivity index (χ1) is 8.49. The zero-order valence-corrected chi connectivity index (χ0v) is 11.5. The number of hydrogen-bond acceptors (Lipinski definition) is 5. The van der Waals surface area contributed by atoms with E-state index in [1.54, 1.807) is 20.0 Å². The summed E-state index contributed by atoms with van der Waals surface area (Å²) in [6.07, 6.45) is 2.88. The number of nitrogens with one attached hydrogen (secondary N) is 2. The summed E-state index contributed by atoms with van der Waals surface area (Å²) >= 11 is 0. The van der Waals surface area contributed by atoms with Gasteiger partial charge < -0.3 is 9.73 Å². The van der Waals surface area contributed by atoms with Gasteiger partial charge in [0.25, 0.3) is 0 Å². The summed E-state index contributed by atoms with van der Waals surface area (Å²) in [5, 5.41) is 2.83. The van der Waals surface area contributed by atoms with Crippen molar-refractivity contribution in [2.45, 2.75) is 38.0 Å². The number of sulfonamides is 1. The number of oxazole rings is 1. The molecule has 2 N–H and O–H groups in total. The van der Waals surface area contributed by atoms with E-state index < -0.39 is 16.1 Å². The molecule has 102 valence electrons. The molecule has 1 fully saturated rings. The van der Waals surface area contributed by atoms with Crippen LogP contribution in [-0.2, 0) is 10.0 Å². The summed E-state index contributed by atoms with van der Waals surface area (Å²) in [5.41, 5.74) is 0. The molecule has 7 heteroatoms. The van der Waals surface area contributed by atoms with E-state index in [1.165, 1.54) is 0 Å². The first-order valence-electron chi connectivity index (χ1n) is 6.13. The maximum atomic E-state index is 12.2. The van der Waals surface area contributed by atoms with Crippen LogP contribution in [0.1, 0.15) is 37.5 Å². The first-order valence-corrected chi connectivity index (χ1v) is 7.68. The number of rotatable bonds is 4. The molecule has 1 aromatic heterocycles. The predicted molar refractivity (Wildman–Crippen MR) is 67.6 cm³/mol. The Kier molecular flexibility index (Phi) is 4.04. The van der Waals surface area contributed by atoms with Gasteiger partial charge in [-0.15, -0.1) is 0 Å². The fourth-order valence-electron chi connectivity index (χ4n) is 2.07. The standard InChI is InChI=1S/C11H19N3O3S/c1-8-7-13-11(17-8)9(2)14-18(15,16)10-3-5-12-6-4-10/h7,9-10,12,14H,3-6H2,1-2H3. The van der Waals surface area contributed by atoms with Crippen molar-refractivity contribution >= 4 is 10.0 Å². The van der Waals surface area contributed by atoms with Crippen molar-refractivity contribution in [3.8, 4) is 0 Å². The molecule has 2 heterocycles. The molecule has 1 aliphatic rings. The number of nitrogens with zero attached hydrogens (tertiary/aromatic N) is 1. The third-order valence-electron chi connectivity index (χ3n) is 3.08. The van der Waals surface area contributed by atoms with Crippen molar-refractivity contribution in [2.75, 3.05) is 13.1 Å². The van der Waals surface area contributed by atoms with Gasteiger partial charge in [0, 0.05) is 0 Å². The Hall–Kier alpha value is -0.920. The van der Waals surface area contributed by atoms with Gasteiger partial charge in [-0.05, 0) is 39.8 Å². The average Bonchev–Trinajstić information content (AvgIpc) is 2.77. The van der Waals surface area contributed by atoms with Crippen LogP contribution < -0.4 is 10.0 Å². The lowest BCUT2D eigenvalue weighted by Gasteiger charge is -2.24. The largest absolute Gasteiger partial charge is 0.444 e. The van der Waals surface area contributed by atoms with Crippen LogP contribution in [0.2, 0.25) is 0 Å². The third kappa shape index (κ3) is 3.09. The summed E-state index contributed by atoms with van der Waals surface area (Å²) in [7, 11) is -3.31. The van der Waals surface area contributed by atoms with E-state index in [1.807, 2.05) is 0 Å². The zero-order valence-electron chi connectivity index (χ0n) is 10.6. The minimum Gasteiger partial charge on any atom is -0.444 e. The van der Waals surface area contributed by atoms with E-state index in [4.69, 9.17) is 4.42 Å². The molecular weight excluding hydrogens is 254 g/mol. The normalized spacial score (nSPS) is 19.9. The van der Waals surface area contributed by atoms with Crippen molar-refractivity contribution in [1.29, 1.82) is 0 Å². The van der Waals surface area contributed by atoms with E-state index in [0.717, 1.165) is 13.1 Å². The monoisotopic (exact) mass is 273 g/mol. The fraction of sp³-hybridized carbons (Fsp3) is 0.727. The molecule has 0 bridgehead atoms. The fourth-order valence-corrected chi connectivity index (χ4v) is 3.71. The molecule has 1 saturated heterocycles. The van der Waals surface area contributed by atoms with Crippen molar-refractivity contribution in [3.05, 3.63) is 17.8 Å². The van der Waals surface area contributed by atoms with Crippen molar-refractivity contribution in [2.24, 2.45) is 0 Å². The molecule has 0 radical (unpaired) electrons. The molecule has 0 spiro atoms. The van der Waals surface area contributed by atoms with Crippen molar-refractivity contribution in [3.63, 3.8) is 0 Å². The van der Waals surface area contributed by atoms with Gasteiger partial charge >= 0.3 is 0 Å². The highest BCUT2D eigenvalue weighted by Gasteiger charge is 2.29. The summed E-state index contributed by atoms with van der Waals surface area (Å²) in [5.74, 6) is 1.09. The van der Waals surface area contributed by atoms with Gasteiger partial charge in [-0.2, -0.15) is 0 Å². The van der Waals surface area contributed by atoms with E-state index in [-0.39, 0.29) is 5.25 Å². The molecule has 2 rings (SSSR count). The summed E-state index contributed by atoms with van der Waals surface area (Å²) < 4.78 is 32.3. The SMILES string of the molecule is Cc1cnc(C(C)NS(=O)(=O)C2CCNCC2)o1. The molecule has 18 heavy (non-hydrogen) atoms. The molecule has 1 aliphatic heterocycles. The summed E-state index contributed by atoms with van der Waals surface area (Å²) in [6, 6.07) is -0.432. The minimum atomic E-state index is -3.31. The van der Waals surface area contributed by atoms with E-state index in [0.29, 0.717) is 24.5 Å². The number of aromatic nitrogens is 1. The molecular formula is C11H19N3O3S. The second-order valence-electron chi connectivity index (χ2n) is 4.64. The number of piperidine rings is 1. The topological polar surface area (TPSA) is 84.2 Å². The van der Waals surface area contributed by atoms with E-state index >= 15 is 0 Å². The Morgan fingerprint density at radius 2 is 2.17 bits per heavy atom. The molecule has 0 aliphatic carbocycles. The zero-order chi connectivity index (χ0) is 13.2. The molecule has 0 saturated carbocycles. The molecule has 0 amide bonds. The van der Waals surface area contributed by atoms with Crippen LogP contribution in [-0.4, -0.2) is 31.7 Å². The molecule has 0 aromatic carbocycles. The maximum absolute atomic E-state index is 12.2. The van der Waals surface area contributed by atoms with Crippen LogP contribution in [0, 0.1) is 6.92 Å². The van der Waals surface area contributed by atoms with Crippen LogP contribution in [0.15, 0.2) is 10.6 Å². The lowest BCUT2D eigenvalue weighted by molar-refractivity contribution is 0.422. The summed E-state index contributed by atoms with van der Waals surface area (Å²) in [4.78, 5) is 4.04. The van der Waals surface area contributed by atoms with Gasteiger partial charge in [-0.25, -0.2) is 18.1 Å². The van der Waals surface area contributed by atoms with Gasteiger partial charge in [0.2, 0.25) is 15.9 Å². The Morgan fingerprint density at radius 3 is 2.72 bits per heavy atom. The van der Waals surface area contributed by atoms with Crippen LogP contribution in [0.5, 0.6) is 0 Å². The Morgan fingerprint density at radius 1 is 1.50 bits per heavy atom. The lowest BCUT2D eigenvalue weighted by Crippen LogP contribution is -2.42. The predicted octanol–water partition coefficient (Wildman–Crippen LogP) is 0.715. The lowest BCUT2D eigenvalue weighted by atomic mass is 10.2. The Balaban J connectivity index is 2.03. The smallest absolute Gasteiger partial charge is 0.215 e. The van der Waals surface area contributed by atoms with Gasteiger partial charge in [-0.1, -0.05) is 0 Å². The second kappa shape index (κ2) is 5.38. The highest BCUT2D eigenvalue weighted by Crippen LogP contribution is 2.18. The van der Waals surface area contributed by atoms with Crippen LogP contribution in [0.4, 0.5) is 0 Å². The second-order valence-corrected chi connectivity index (χ2v) is 6.64. The van der Waals surface area contributed by atoms with Crippen LogP contribution in [0.25, 0.3) is 0 Å². The molecule has 1 unspecified atom stereocenters. The maximum Gasteiger partial charge on any atom is 0.215 e. The Bertz CT molecular complexity index is 491. The molecule has 6 nitrogen and oxygen atoms in total. The number of hydrogen-bond donors (Lipinski definition) is 2. The highest BCUT2D eigenvalue weighted by atomic mass is 32.2. The van der Waals surface area contributed by atoms with Crippen molar-refractivity contribution < 1.29 is 12.8 Å². The highest BCUT2D eigenvalue weighted by molar-refractivity contribution is 7.90. The van der Waals surface area contributed by atoms with Gasteiger partial charge in [0.1, 0.15) is 5.76 Å². The molecule has 1 aromatic rings. The average molecular weight is 273 g/mol. The van der Waals surface area contributed by atoms with Crippen LogP contribution >= 0.6 is 0 Å². The van der Waals surface area contributed by atoms with Gasteiger partial charge in [0.05, 0.1) is 17.5 Å². The summed E-state index contributed by atoms with van der Waals surface area (Å²) in [6.45, 7) is 5.02. The minimum absolute atomic E-state index is 0.322.